The normalized spacial score (nSPS) is 21.3. The molecule has 0 saturated carbocycles. The topological polar surface area (TPSA) is 95.2 Å². The average molecular weight is 445 g/mol. The van der Waals surface area contributed by atoms with Crippen LogP contribution in [-0.2, 0) is 4.79 Å². The van der Waals surface area contributed by atoms with E-state index in [1.807, 2.05) is 19.2 Å². The molecule has 0 bridgehead atoms. The van der Waals surface area contributed by atoms with Gasteiger partial charge in [-0.2, -0.15) is 0 Å². The number of carbonyl (C=O) groups excluding carboxylic acids is 1. The lowest BCUT2D eigenvalue weighted by molar-refractivity contribution is -0.123. The van der Waals surface area contributed by atoms with Gasteiger partial charge in [-0.25, -0.2) is 0 Å². The highest BCUT2D eigenvalue weighted by Gasteiger charge is 2.24. The molecule has 1 aromatic carbocycles. The molecule has 2 heterocycles. The number of nitrogens with two attached hydrogens (primary N) is 1. The Balaban J connectivity index is 1.45. The van der Waals surface area contributed by atoms with Crippen LogP contribution in [0.4, 0.5) is 0 Å². The number of piperidine rings is 1. The summed E-state index contributed by atoms with van der Waals surface area (Å²) in [6.07, 6.45) is 5.49. The summed E-state index contributed by atoms with van der Waals surface area (Å²) in [4.78, 5) is 20.8. The van der Waals surface area contributed by atoms with Gasteiger partial charge in [0.2, 0.25) is 5.91 Å². The number of carbonyl (C=O) groups is 1. The molecule has 8 nitrogen and oxygen atoms in total. The van der Waals surface area contributed by atoms with Crippen molar-refractivity contribution in [3.63, 3.8) is 0 Å². The van der Waals surface area contributed by atoms with Gasteiger partial charge in [0.05, 0.1) is 19.1 Å². The zero-order valence-electron chi connectivity index (χ0n) is 19.7. The standard InChI is InChI=1S/C24H40N6O2/c1-26-24(27-12-6-14-29-13-5-7-20(18-29)23(25)31)28-17-22(30-15-3-4-16-30)19-8-10-21(32-2)11-9-19/h8-11,20,22H,3-7,12-18H2,1-2H3,(H2,25,31)(H2,26,27,28). The van der Waals surface area contributed by atoms with Crippen molar-refractivity contribution in [1.82, 2.24) is 20.4 Å². The number of methoxy groups -OCH3 is 1. The highest BCUT2D eigenvalue weighted by Crippen LogP contribution is 2.26. The van der Waals surface area contributed by atoms with E-state index >= 15 is 0 Å². The molecule has 2 unspecified atom stereocenters. The fraction of sp³-hybridized carbons (Fsp3) is 0.667. The highest BCUT2D eigenvalue weighted by atomic mass is 16.5. The second-order valence-corrected chi connectivity index (χ2v) is 8.81. The molecule has 0 radical (unpaired) electrons. The minimum absolute atomic E-state index is 0.00613. The van der Waals surface area contributed by atoms with E-state index in [0.29, 0.717) is 6.04 Å². The first-order valence-electron chi connectivity index (χ1n) is 11.9. The quantitative estimate of drug-likeness (QED) is 0.288. The molecule has 3 rings (SSSR count). The van der Waals surface area contributed by atoms with Crippen molar-refractivity contribution < 1.29 is 9.53 Å². The second kappa shape index (κ2) is 12.6. The number of aliphatic imine (C=N–C) groups is 1. The van der Waals surface area contributed by atoms with E-state index in [-0.39, 0.29) is 11.8 Å². The van der Waals surface area contributed by atoms with Crippen LogP contribution in [0.15, 0.2) is 29.3 Å². The van der Waals surface area contributed by atoms with Crippen LogP contribution < -0.4 is 21.1 Å². The molecule has 178 valence electrons. The molecule has 0 spiro atoms. The Morgan fingerprint density at radius 2 is 1.94 bits per heavy atom. The van der Waals surface area contributed by atoms with E-state index in [1.54, 1.807) is 7.11 Å². The minimum Gasteiger partial charge on any atom is -0.497 e. The van der Waals surface area contributed by atoms with E-state index in [9.17, 15) is 4.79 Å². The molecule has 1 amide bonds. The molecule has 0 aliphatic carbocycles. The number of hydrogen-bond donors (Lipinski definition) is 3. The third-order valence-corrected chi connectivity index (χ3v) is 6.62. The van der Waals surface area contributed by atoms with Crippen molar-refractivity contribution in [2.24, 2.45) is 16.6 Å². The van der Waals surface area contributed by atoms with Crippen molar-refractivity contribution in [2.45, 2.75) is 38.1 Å². The van der Waals surface area contributed by atoms with Gasteiger partial charge in [0.25, 0.3) is 0 Å². The summed E-state index contributed by atoms with van der Waals surface area (Å²) in [5, 5.41) is 6.97. The van der Waals surface area contributed by atoms with Crippen LogP contribution in [0, 0.1) is 5.92 Å². The Bertz CT molecular complexity index is 733. The number of primary amides is 1. The van der Waals surface area contributed by atoms with E-state index in [2.05, 4.69) is 37.6 Å². The largest absolute Gasteiger partial charge is 0.497 e. The van der Waals surface area contributed by atoms with Crippen LogP contribution in [-0.4, -0.2) is 81.6 Å². The van der Waals surface area contributed by atoms with Gasteiger partial charge >= 0.3 is 0 Å². The number of nitrogens with zero attached hydrogens (tertiary/aromatic N) is 3. The summed E-state index contributed by atoms with van der Waals surface area (Å²) in [5.41, 5.74) is 6.79. The van der Waals surface area contributed by atoms with E-state index < -0.39 is 0 Å². The fourth-order valence-corrected chi connectivity index (χ4v) is 4.75. The van der Waals surface area contributed by atoms with Gasteiger partial charge < -0.3 is 26.0 Å². The first-order valence-corrected chi connectivity index (χ1v) is 11.9. The number of nitrogens with one attached hydrogen (secondary N) is 2. The predicted molar refractivity (Wildman–Crippen MR) is 129 cm³/mol. The number of benzene rings is 1. The zero-order chi connectivity index (χ0) is 22.8. The smallest absolute Gasteiger partial charge is 0.221 e. The van der Waals surface area contributed by atoms with Crippen molar-refractivity contribution in [3.8, 4) is 5.75 Å². The molecule has 32 heavy (non-hydrogen) atoms. The molecule has 2 fully saturated rings. The monoisotopic (exact) mass is 444 g/mol. The summed E-state index contributed by atoms with van der Waals surface area (Å²) >= 11 is 0. The molecule has 1 aromatic rings. The van der Waals surface area contributed by atoms with Gasteiger partial charge in [0.1, 0.15) is 5.75 Å². The van der Waals surface area contributed by atoms with Crippen LogP contribution in [0.1, 0.15) is 43.7 Å². The van der Waals surface area contributed by atoms with Crippen molar-refractivity contribution in [3.05, 3.63) is 29.8 Å². The minimum atomic E-state index is -0.165. The van der Waals surface area contributed by atoms with Crippen LogP contribution >= 0.6 is 0 Å². The fourth-order valence-electron chi connectivity index (χ4n) is 4.75. The highest BCUT2D eigenvalue weighted by molar-refractivity contribution is 5.79. The maximum absolute atomic E-state index is 11.5. The molecular formula is C24H40N6O2. The lowest BCUT2D eigenvalue weighted by atomic mass is 9.97. The Labute approximate surface area is 192 Å². The number of hydrogen-bond acceptors (Lipinski definition) is 5. The molecule has 2 aliphatic rings. The van der Waals surface area contributed by atoms with Crippen LogP contribution in [0.2, 0.25) is 0 Å². The number of guanidine groups is 1. The van der Waals surface area contributed by atoms with Gasteiger partial charge in [-0.1, -0.05) is 12.1 Å². The third-order valence-electron chi connectivity index (χ3n) is 6.62. The predicted octanol–water partition coefficient (Wildman–Crippen LogP) is 1.58. The van der Waals surface area contributed by atoms with Gasteiger partial charge in [0.15, 0.2) is 5.96 Å². The van der Waals surface area contributed by atoms with E-state index in [0.717, 1.165) is 76.8 Å². The molecule has 2 atom stereocenters. The molecule has 8 heteroatoms. The van der Waals surface area contributed by atoms with Gasteiger partial charge in [-0.15, -0.1) is 0 Å². The van der Waals surface area contributed by atoms with Crippen LogP contribution in [0.5, 0.6) is 5.75 Å². The maximum Gasteiger partial charge on any atom is 0.221 e. The van der Waals surface area contributed by atoms with Crippen molar-refractivity contribution in [1.29, 1.82) is 0 Å². The Morgan fingerprint density at radius 3 is 2.59 bits per heavy atom. The SMILES string of the molecule is CN=C(NCCCN1CCCC(C(N)=O)C1)NCC(c1ccc(OC)cc1)N1CCCC1. The van der Waals surface area contributed by atoms with Crippen molar-refractivity contribution in [2.75, 3.05) is 60.0 Å². The molecule has 2 saturated heterocycles. The van der Waals surface area contributed by atoms with Crippen LogP contribution in [0.3, 0.4) is 0 Å². The van der Waals surface area contributed by atoms with Crippen LogP contribution in [0.25, 0.3) is 0 Å². The van der Waals surface area contributed by atoms with Gasteiger partial charge in [-0.05, 0) is 76.0 Å². The molecule has 0 aromatic heterocycles. The Morgan fingerprint density at radius 1 is 1.19 bits per heavy atom. The molecule has 2 aliphatic heterocycles. The summed E-state index contributed by atoms with van der Waals surface area (Å²) in [6.45, 7) is 6.72. The lowest BCUT2D eigenvalue weighted by Crippen LogP contribution is -2.44. The zero-order valence-corrected chi connectivity index (χ0v) is 19.7. The Kier molecular flexibility index (Phi) is 9.62. The van der Waals surface area contributed by atoms with Gasteiger partial charge in [-0.3, -0.25) is 14.7 Å². The first-order chi connectivity index (χ1) is 15.6. The average Bonchev–Trinajstić information content (AvgIpc) is 3.35. The summed E-state index contributed by atoms with van der Waals surface area (Å²) in [6, 6.07) is 8.71. The van der Waals surface area contributed by atoms with E-state index in [1.165, 1.54) is 18.4 Å². The Hall–Kier alpha value is -2.32. The first kappa shape index (κ1) is 24.3. The summed E-state index contributed by atoms with van der Waals surface area (Å²) < 4.78 is 5.32. The second-order valence-electron chi connectivity index (χ2n) is 8.81. The summed E-state index contributed by atoms with van der Waals surface area (Å²) in [5.74, 6) is 1.56. The molecular weight excluding hydrogens is 404 g/mol. The summed E-state index contributed by atoms with van der Waals surface area (Å²) in [7, 11) is 3.52. The number of likely N-dealkylation sites (tertiary alicyclic amines) is 2. The third kappa shape index (κ3) is 7.10. The van der Waals surface area contributed by atoms with Crippen molar-refractivity contribution >= 4 is 11.9 Å². The number of rotatable bonds is 10. The molecule has 4 N–H and O–H groups in total. The van der Waals surface area contributed by atoms with E-state index in [4.69, 9.17) is 10.5 Å². The number of ether oxygens (including phenoxy) is 1. The lowest BCUT2D eigenvalue weighted by Gasteiger charge is -2.31. The number of amides is 1. The maximum atomic E-state index is 11.5. The van der Waals surface area contributed by atoms with Gasteiger partial charge in [0, 0.05) is 26.7 Å².